The SMILES string of the molecule is CC[C@H](C)[C@@H]([C@@H](CC(=O)N1CCC[C@H]1[C@H](OC)[C@@H](C)C(=S)N[C@@H](Cc1ccccc1)C(=O)OC)OC)N(C)C(=O)[C@@H](CC(=O)[C@@H](NC)C(C)C)C(C)C. The number of carbonyl (C=O) groups excluding carboxylic acids is 4. The van der Waals surface area contributed by atoms with E-state index in [0.717, 1.165) is 24.8 Å². The van der Waals surface area contributed by atoms with Crippen molar-refractivity contribution in [3.8, 4) is 0 Å². The van der Waals surface area contributed by atoms with Crippen LogP contribution in [0.5, 0.6) is 0 Å². The topological polar surface area (TPSA) is 127 Å². The minimum absolute atomic E-state index is 0.0224. The maximum atomic E-state index is 14.2. The third-order valence-corrected chi connectivity index (χ3v) is 11.7. The zero-order valence-electron chi connectivity index (χ0n) is 34.3. The standard InChI is InChI=1S/C41H68N4O7S/c1-13-27(6)37(44(9)40(48)30(25(2)3)23-33(46)36(42-8)26(4)5)34(50-10)24-35(47)45-21-17-20-32(45)38(51-11)28(7)39(53)43-31(41(49)52-12)22-29-18-15-14-16-19-29/h14-16,18-19,25-28,30-32,34,36-38,42H,13,17,20-24H2,1-12H3,(H,43,53)/t27-,28+,30-,31-,32-,34+,36-,37-,38+/m0/s1. The monoisotopic (exact) mass is 760 g/mol. The van der Waals surface area contributed by atoms with Crippen LogP contribution in [0.3, 0.4) is 0 Å². The number of nitrogens with zero attached hydrogens (tertiary/aromatic N) is 2. The van der Waals surface area contributed by atoms with E-state index in [9.17, 15) is 19.2 Å². The third kappa shape index (κ3) is 12.6. The smallest absolute Gasteiger partial charge is 0.328 e. The number of ketones is 1. The summed E-state index contributed by atoms with van der Waals surface area (Å²) < 4.78 is 17.2. The van der Waals surface area contributed by atoms with Crippen LogP contribution in [0.25, 0.3) is 0 Å². The van der Waals surface area contributed by atoms with Crippen LogP contribution in [-0.4, -0.2) is 117 Å². The molecule has 53 heavy (non-hydrogen) atoms. The van der Waals surface area contributed by atoms with Gasteiger partial charge in [0.05, 0.1) is 48.9 Å². The molecule has 12 heteroatoms. The van der Waals surface area contributed by atoms with E-state index in [4.69, 9.17) is 26.4 Å². The number of ether oxygens (including phenoxy) is 3. The molecule has 9 atom stereocenters. The van der Waals surface area contributed by atoms with Gasteiger partial charge < -0.3 is 34.6 Å². The number of hydrogen-bond acceptors (Lipinski definition) is 9. The van der Waals surface area contributed by atoms with E-state index in [1.807, 2.05) is 69.9 Å². The summed E-state index contributed by atoms with van der Waals surface area (Å²) in [5, 5.41) is 6.35. The first kappa shape index (κ1) is 46.2. The average molecular weight is 761 g/mol. The van der Waals surface area contributed by atoms with Crippen LogP contribution in [0.15, 0.2) is 30.3 Å². The lowest BCUT2D eigenvalue weighted by molar-refractivity contribution is -0.148. The molecule has 2 N–H and O–H groups in total. The summed E-state index contributed by atoms with van der Waals surface area (Å²) >= 11 is 5.85. The second-order valence-electron chi connectivity index (χ2n) is 15.4. The first-order valence-corrected chi connectivity index (χ1v) is 19.7. The summed E-state index contributed by atoms with van der Waals surface area (Å²) in [6.45, 7) is 14.6. The molecule has 0 aromatic heterocycles. The van der Waals surface area contributed by atoms with E-state index in [0.29, 0.717) is 18.0 Å². The Labute approximate surface area is 324 Å². The second-order valence-corrected chi connectivity index (χ2v) is 15.8. The number of methoxy groups -OCH3 is 3. The van der Waals surface area contributed by atoms with Gasteiger partial charge in [0.15, 0.2) is 5.78 Å². The Hall–Kier alpha value is -2.93. The summed E-state index contributed by atoms with van der Waals surface area (Å²) in [4.78, 5) is 58.6. The number of rotatable bonds is 22. The molecule has 1 aliphatic heterocycles. The van der Waals surface area contributed by atoms with Gasteiger partial charge in [-0.1, -0.05) is 97.4 Å². The van der Waals surface area contributed by atoms with E-state index in [1.54, 1.807) is 33.2 Å². The number of nitrogens with one attached hydrogen (secondary N) is 2. The van der Waals surface area contributed by atoms with Gasteiger partial charge in [-0.05, 0) is 43.2 Å². The molecular weight excluding hydrogens is 693 g/mol. The lowest BCUT2D eigenvalue weighted by atomic mass is 9.84. The minimum atomic E-state index is -0.677. The normalized spacial score (nSPS) is 19.1. The Morgan fingerprint density at radius 3 is 2.11 bits per heavy atom. The maximum absolute atomic E-state index is 14.2. The van der Waals surface area contributed by atoms with Gasteiger partial charge >= 0.3 is 5.97 Å². The van der Waals surface area contributed by atoms with Crippen LogP contribution < -0.4 is 10.6 Å². The molecule has 0 spiro atoms. The van der Waals surface area contributed by atoms with E-state index in [-0.39, 0.29) is 66.2 Å². The number of benzene rings is 1. The highest BCUT2D eigenvalue weighted by Crippen LogP contribution is 2.31. The van der Waals surface area contributed by atoms with Crippen LogP contribution in [0.1, 0.15) is 86.1 Å². The van der Waals surface area contributed by atoms with Crippen LogP contribution in [-0.2, 0) is 39.8 Å². The fourth-order valence-electron chi connectivity index (χ4n) is 7.87. The second kappa shape index (κ2) is 22.4. The molecule has 1 aromatic carbocycles. The third-order valence-electron chi connectivity index (χ3n) is 11.2. The van der Waals surface area contributed by atoms with Gasteiger partial charge in [-0.15, -0.1) is 0 Å². The first-order valence-electron chi connectivity index (χ1n) is 19.3. The van der Waals surface area contributed by atoms with E-state index in [1.165, 1.54) is 7.11 Å². The molecule has 0 bridgehead atoms. The van der Waals surface area contributed by atoms with Crippen molar-refractivity contribution in [3.05, 3.63) is 35.9 Å². The zero-order valence-corrected chi connectivity index (χ0v) is 35.2. The highest BCUT2D eigenvalue weighted by atomic mass is 32.1. The number of hydrogen-bond donors (Lipinski definition) is 2. The van der Waals surface area contributed by atoms with E-state index >= 15 is 0 Å². The van der Waals surface area contributed by atoms with Gasteiger partial charge in [0, 0.05) is 52.5 Å². The maximum Gasteiger partial charge on any atom is 0.328 e. The van der Waals surface area contributed by atoms with Crippen molar-refractivity contribution in [1.29, 1.82) is 0 Å². The number of amides is 2. The Kier molecular flexibility index (Phi) is 19.6. The average Bonchev–Trinajstić information content (AvgIpc) is 3.62. The molecule has 1 saturated heterocycles. The van der Waals surface area contributed by atoms with Crippen LogP contribution in [0, 0.1) is 29.6 Å². The minimum Gasteiger partial charge on any atom is -0.467 e. The van der Waals surface area contributed by atoms with Gasteiger partial charge in [-0.3, -0.25) is 14.4 Å². The number of Topliss-reactive ketones (excluding diaryl/α,β-unsaturated/α-hetero) is 1. The summed E-state index contributed by atoms with van der Waals surface area (Å²) in [6, 6.07) is 8.03. The molecule has 0 saturated carbocycles. The highest BCUT2D eigenvalue weighted by Gasteiger charge is 2.43. The highest BCUT2D eigenvalue weighted by molar-refractivity contribution is 7.80. The van der Waals surface area contributed by atoms with Gasteiger partial charge in [0.25, 0.3) is 0 Å². The molecule has 2 amide bonds. The molecular formula is C41H68N4O7S. The van der Waals surface area contributed by atoms with Crippen molar-refractivity contribution in [2.24, 2.45) is 29.6 Å². The Morgan fingerprint density at radius 2 is 1.60 bits per heavy atom. The van der Waals surface area contributed by atoms with E-state index in [2.05, 4.69) is 24.5 Å². The molecule has 0 radical (unpaired) electrons. The van der Waals surface area contributed by atoms with Gasteiger partial charge in [-0.2, -0.15) is 0 Å². The summed E-state index contributed by atoms with van der Waals surface area (Å²) in [5.41, 5.74) is 0.972. The molecule has 1 fully saturated rings. The molecule has 1 aliphatic rings. The number of likely N-dealkylation sites (tertiary alicyclic amines) is 1. The predicted molar refractivity (Wildman–Crippen MR) is 213 cm³/mol. The zero-order chi connectivity index (χ0) is 40.0. The summed E-state index contributed by atoms with van der Waals surface area (Å²) in [5.74, 6) is -1.34. The fourth-order valence-corrected chi connectivity index (χ4v) is 8.15. The molecule has 11 nitrogen and oxygen atoms in total. The first-order chi connectivity index (χ1) is 25.1. The largest absolute Gasteiger partial charge is 0.467 e. The molecule has 0 aliphatic carbocycles. The Balaban J connectivity index is 2.27. The van der Waals surface area contributed by atoms with Crippen LogP contribution >= 0.6 is 12.2 Å². The van der Waals surface area contributed by atoms with Crippen molar-refractivity contribution >= 4 is 40.8 Å². The lowest BCUT2D eigenvalue weighted by Gasteiger charge is -2.41. The molecule has 2 rings (SSSR count). The van der Waals surface area contributed by atoms with Gasteiger partial charge in [0.1, 0.15) is 6.04 Å². The molecule has 0 unspecified atom stereocenters. The van der Waals surface area contributed by atoms with Crippen molar-refractivity contribution in [2.45, 2.75) is 123 Å². The number of thiocarbonyl (C=S) groups is 1. The predicted octanol–water partition coefficient (Wildman–Crippen LogP) is 5.08. The van der Waals surface area contributed by atoms with Gasteiger partial charge in [0.2, 0.25) is 11.8 Å². The number of likely N-dealkylation sites (N-methyl/N-ethyl adjacent to an activating group) is 2. The van der Waals surface area contributed by atoms with Crippen LogP contribution in [0.2, 0.25) is 0 Å². The van der Waals surface area contributed by atoms with Gasteiger partial charge in [-0.25, -0.2) is 4.79 Å². The fraction of sp³-hybridized carbons (Fsp3) is 0.732. The van der Waals surface area contributed by atoms with Crippen molar-refractivity contribution in [3.63, 3.8) is 0 Å². The van der Waals surface area contributed by atoms with E-state index < -0.39 is 36.2 Å². The lowest BCUT2D eigenvalue weighted by Crippen LogP contribution is -2.55. The Bertz CT molecular complexity index is 1330. The molecule has 300 valence electrons. The molecule has 1 aromatic rings. The molecule has 1 heterocycles. The summed E-state index contributed by atoms with van der Waals surface area (Å²) in [6.07, 6.45) is 1.94. The van der Waals surface area contributed by atoms with Crippen molar-refractivity contribution in [2.75, 3.05) is 42.0 Å². The number of carbonyl (C=O) groups is 4. The van der Waals surface area contributed by atoms with Crippen molar-refractivity contribution < 1.29 is 33.4 Å². The van der Waals surface area contributed by atoms with Crippen molar-refractivity contribution in [1.82, 2.24) is 20.4 Å². The Morgan fingerprint density at radius 1 is 0.962 bits per heavy atom. The quantitative estimate of drug-likeness (QED) is 0.122. The van der Waals surface area contributed by atoms with Crippen LogP contribution in [0.4, 0.5) is 0 Å². The number of esters is 1. The summed E-state index contributed by atoms with van der Waals surface area (Å²) in [7, 11) is 8.13.